The Bertz CT molecular complexity index is 881. The minimum Gasteiger partial charge on any atom is -0.495 e. The molecule has 6 nitrogen and oxygen atoms in total. The summed E-state index contributed by atoms with van der Waals surface area (Å²) >= 11 is 6.06. The second-order valence-electron chi connectivity index (χ2n) is 5.23. The second-order valence-corrected chi connectivity index (χ2v) is 7.50. The van der Waals surface area contributed by atoms with E-state index in [1.54, 1.807) is 26.0 Å². The van der Waals surface area contributed by atoms with Crippen molar-refractivity contribution in [2.75, 3.05) is 24.6 Å². The van der Waals surface area contributed by atoms with E-state index in [4.69, 9.17) is 21.1 Å². The third kappa shape index (κ3) is 4.11. The van der Waals surface area contributed by atoms with E-state index in [-0.39, 0.29) is 23.1 Å². The van der Waals surface area contributed by atoms with E-state index in [2.05, 4.69) is 0 Å². The molecule has 8 heteroatoms. The van der Waals surface area contributed by atoms with Gasteiger partial charge in [0.05, 0.1) is 34.9 Å². The van der Waals surface area contributed by atoms with Crippen LogP contribution < -0.4 is 9.04 Å². The highest BCUT2D eigenvalue weighted by atomic mass is 35.5. The van der Waals surface area contributed by atoms with Crippen LogP contribution in [0.25, 0.3) is 0 Å². The first kappa shape index (κ1) is 20.1. The predicted molar refractivity (Wildman–Crippen MR) is 101 cm³/mol. The predicted octanol–water partition coefficient (Wildman–Crippen LogP) is 3.74. The van der Waals surface area contributed by atoms with E-state index < -0.39 is 16.0 Å². The van der Waals surface area contributed by atoms with E-state index in [0.29, 0.717) is 17.0 Å². The van der Waals surface area contributed by atoms with Gasteiger partial charge in [0.1, 0.15) is 5.75 Å². The molecule has 0 N–H and O–H groups in total. The van der Waals surface area contributed by atoms with E-state index in [9.17, 15) is 13.2 Å². The number of sulfonamides is 1. The van der Waals surface area contributed by atoms with Crippen LogP contribution in [0, 0.1) is 0 Å². The van der Waals surface area contributed by atoms with Crippen LogP contribution in [-0.4, -0.2) is 34.6 Å². The molecule has 0 fully saturated rings. The number of hydrogen-bond acceptors (Lipinski definition) is 5. The second kappa shape index (κ2) is 8.42. The summed E-state index contributed by atoms with van der Waals surface area (Å²) in [6.45, 7) is 3.93. The Balaban J connectivity index is 2.37. The first-order chi connectivity index (χ1) is 12.3. The van der Waals surface area contributed by atoms with E-state index in [0.717, 1.165) is 0 Å². The van der Waals surface area contributed by atoms with Crippen molar-refractivity contribution in [1.82, 2.24) is 0 Å². The minimum absolute atomic E-state index is 0.0552. The van der Waals surface area contributed by atoms with Crippen LogP contribution in [0.2, 0.25) is 5.02 Å². The Kier molecular flexibility index (Phi) is 6.50. The maximum Gasteiger partial charge on any atom is 0.338 e. The maximum absolute atomic E-state index is 13.0. The summed E-state index contributed by atoms with van der Waals surface area (Å²) in [4.78, 5) is 11.8. The monoisotopic (exact) mass is 397 g/mol. The van der Waals surface area contributed by atoms with Crippen LogP contribution in [0.1, 0.15) is 24.2 Å². The van der Waals surface area contributed by atoms with Crippen LogP contribution in [0.15, 0.2) is 47.4 Å². The molecule has 0 unspecified atom stereocenters. The molecule has 0 atom stereocenters. The van der Waals surface area contributed by atoms with Crippen molar-refractivity contribution < 1.29 is 22.7 Å². The van der Waals surface area contributed by atoms with Crippen molar-refractivity contribution in [2.45, 2.75) is 18.7 Å². The van der Waals surface area contributed by atoms with Gasteiger partial charge in [-0.3, -0.25) is 4.31 Å². The van der Waals surface area contributed by atoms with Gasteiger partial charge in [-0.25, -0.2) is 13.2 Å². The Labute approximate surface area is 158 Å². The van der Waals surface area contributed by atoms with Gasteiger partial charge in [-0.15, -0.1) is 0 Å². The smallest absolute Gasteiger partial charge is 0.338 e. The topological polar surface area (TPSA) is 72.9 Å². The van der Waals surface area contributed by atoms with Gasteiger partial charge in [-0.2, -0.15) is 0 Å². The number of methoxy groups -OCH3 is 1. The Hall–Kier alpha value is -2.25. The van der Waals surface area contributed by atoms with Crippen LogP contribution in [-0.2, 0) is 14.8 Å². The molecule has 2 aromatic rings. The highest BCUT2D eigenvalue weighted by molar-refractivity contribution is 7.92. The zero-order chi connectivity index (χ0) is 19.3. The fourth-order valence-corrected chi connectivity index (χ4v) is 4.23. The molecule has 0 saturated carbocycles. The lowest BCUT2D eigenvalue weighted by Crippen LogP contribution is -2.30. The summed E-state index contributed by atoms with van der Waals surface area (Å²) < 4.78 is 37.2. The van der Waals surface area contributed by atoms with Crippen LogP contribution >= 0.6 is 11.6 Å². The zero-order valence-electron chi connectivity index (χ0n) is 14.7. The lowest BCUT2D eigenvalue weighted by atomic mass is 10.2. The number of nitrogens with zero attached hydrogens (tertiary/aromatic N) is 1. The molecule has 0 bridgehead atoms. The summed E-state index contributed by atoms with van der Waals surface area (Å²) in [5, 5.41) is 0.210. The third-order valence-corrected chi connectivity index (χ3v) is 5.86. The maximum atomic E-state index is 13.0. The number of hydrogen-bond donors (Lipinski definition) is 0. The molecule has 0 amide bonds. The molecule has 0 saturated heterocycles. The number of benzene rings is 2. The summed E-state index contributed by atoms with van der Waals surface area (Å²) in [5.41, 5.74) is 0.795. The third-order valence-electron chi connectivity index (χ3n) is 3.66. The number of carbonyl (C=O) groups is 1. The van der Waals surface area contributed by atoms with E-state index in [1.807, 2.05) is 0 Å². The molecule has 26 heavy (non-hydrogen) atoms. The fraction of sp³-hybridized carbons (Fsp3) is 0.278. The van der Waals surface area contributed by atoms with Gasteiger partial charge in [0.2, 0.25) is 0 Å². The highest BCUT2D eigenvalue weighted by Crippen LogP contribution is 2.30. The Morgan fingerprint density at radius 3 is 2.27 bits per heavy atom. The quantitative estimate of drug-likeness (QED) is 0.665. The molecule has 0 aliphatic rings. The largest absolute Gasteiger partial charge is 0.495 e. The molecule has 2 rings (SSSR count). The van der Waals surface area contributed by atoms with E-state index >= 15 is 0 Å². The van der Waals surface area contributed by atoms with Crippen molar-refractivity contribution in [3.05, 3.63) is 53.1 Å². The number of esters is 1. The summed E-state index contributed by atoms with van der Waals surface area (Å²) in [6.07, 6.45) is 0. The van der Waals surface area contributed by atoms with Crippen molar-refractivity contribution in [1.29, 1.82) is 0 Å². The molecule has 0 aliphatic heterocycles. The molecule has 140 valence electrons. The molecular formula is C18H20ClNO5S. The van der Waals surface area contributed by atoms with Crippen molar-refractivity contribution in [2.24, 2.45) is 0 Å². The zero-order valence-corrected chi connectivity index (χ0v) is 16.3. The molecule has 0 aliphatic carbocycles. The van der Waals surface area contributed by atoms with Gasteiger partial charge in [0, 0.05) is 6.54 Å². The average molecular weight is 398 g/mol. The first-order valence-corrected chi connectivity index (χ1v) is 9.80. The molecule has 0 aromatic heterocycles. The Morgan fingerprint density at radius 2 is 1.77 bits per heavy atom. The number of ether oxygens (including phenoxy) is 2. The summed E-state index contributed by atoms with van der Waals surface area (Å²) in [5.74, 6) is -0.0562. The normalized spacial score (nSPS) is 11.1. The highest BCUT2D eigenvalue weighted by Gasteiger charge is 2.24. The lowest BCUT2D eigenvalue weighted by Gasteiger charge is -2.23. The number of rotatable bonds is 7. The van der Waals surface area contributed by atoms with Gasteiger partial charge in [0.25, 0.3) is 10.0 Å². The number of anilines is 1. The van der Waals surface area contributed by atoms with Crippen LogP contribution in [0.5, 0.6) is 5.75 Å². The van der Waals surface area contributed by atoms with E-state index in [1.165, 1.54) is 41.7 Å². The lowest BCUT2D eigenvalue weighted by molar-refractivity contribution is 0.0526. The molecular weight excluding hydrogens is 378 g/mol. The van der Waals surface area contributed by atoms with Crippen molar-refractivity contribution in [3.63, 3.8) is 0 Å². The molecule has 0 spiro atoms. The van der Waals surface area contributed by atoms with Gasteiger partial charge in [0.15, 0.2) is 0 Å². The number of halogens is 1. The van der Waals surface area contributed by atoms with Crippen LogP contribution in [0.3, 0.4) is 0 Å². The standard InChI is InChI=1S/C18H20ClNO5S/c1-4-20(14-8-6-13(7-9-14)18(21)25-5-2)26(22,23)15-10-11-17(24-3)16(19)12-15/h6-12H,4-5H2,1-3H3. The molecule has 0 heterocycles. The summed E-state index contributed by atoms with van der Waals surface area (Å²) in [7, 11) is -2.36. The number of carbonyl (C=O) groups excluding carboxylic acids is 1. The van der Waals surface area contributed by atoms with Gasteiger partial charge in [-0.05, 0) is 56.3 Å². The fourth-order valence-electron chi connectivity index (χ4n) is 2.40. The average Bonchev–Trinajstić information content (AvgIpc) is 2.62. The van der Waals surface area contributed by atoms with Gasteiger partial charge < -0.3 is 9.47 Å². The first-order valence-electron chi connectivity index (χ1n) is 7.98. The summed E-state index contributed by atoms with van der Waals surface area (Å²) in [6, 6.07) is 10.5. The van der Waals surface area contributed by atoms with Crippen molar-refractivity contribution in [3.8, 4) is 5.75 Å². The van der Waals surface area contributed by atoms with Crippen molar-refractivity contribution >= 4 is 33.3 Å². The molecule has 0 radical (unpaired) electrons. The van der Waals surface area contributed by atoms with Gasteiger partial charge >= 0.3 is 5.97 Å². The SMILES string of the molecule is CCOC(=O)c1ccc(N(CC)S(=O)(=O)c2ccc(OC)c(Cl)c2)cc1. The van der Waals surface area contributed by atoms with Gasteiger partial charge in [-0.1, -0.05) is 11.6 Å². The molecule has 2 aromatic carbocycles. The minimum atomic E-state index is -3.82. The Morgan fingerprint density at radius 1 is 1.12 bits per heavy atom. The van der Waals surface area contributed by atoms with Crippen LogP contribution in [0.4, 0.5) is 5.69 Å².